The molecule has 11 nitrogen and oxygen atoms in total. The molecule has 2 aromatic carbocycles. The Bertz CT molecular complexity index is 1690. The van der Waals surface area contributed by atoms with E-state index in [0.717, 1.165) is 16.8 Å². The van der Waals surface area contributed by atoms with Crippen molar-refractivity contribution in [1.82, 2.24) is 29.5 Å². The van der Waals surface area contributed by atoms with Gasteiger partial charge in [-0.05, 0) is 56.2 Å². The Labute approximate surface area is 211 Å². The van der Waals surface area contributed by atoms with E-state index in [1.165, 1.54) is 25.1 Å². The molecule has 0 unspecified atom stereocenters. The standard InChI is InChI=1S/C26H25N7O4/c1-14-6-7-18(8-15(14)2)32-23-21(13-27-32)25(35)30-26(29-23)33-22(9-16(3)31-33)28-24(34)17-10-19(36-4)12-20(11-17)37-5/h6-13H,1-5H3,(H,28,34)(H,29,30,35). The molecule has 188 valence electrons. The lowest BCUT2D eigenvalue weighted by Crippen LogP contribution is -2.19. The Hall–Kier alpha value is -4.93. The summed E-state index contributed by atoms with van der Waals surface area (Å²) in [7, 11) is 3.02. The fourth-order valence-corrected chi connectivity index (χ4v) is 3.93. The van der Waals surface area contributed by atoms with Crippen molar-refractivity contribution in [2.24, 2.45) is 0 Å². The van der Waals surface area contributed by atoms with Crippen LogP contribution in [0.3, 0.4) is 0 Å². The number of methoxy groups -OCH3 is 2. The molecule has 5 rings (SSSR count). The van der Waals surface area contributed by atoms with Gasteiger partial charge in [-0.15, -0.1) is 0 Å². The Morgan fingerprint density at radius 2 is 1.68 bits per heavy atom. The number of ether oxygens (including phenoxy) is 2. The predicted octanol–water partition coefficient (Wildman–Crippen LogP) is 3.49. The lowest BCUT2D eigenvalue weighted by molar-refractivity contribution is 0.102. The highest BCUT2D eigenvalue weighted by atomic mass is 16.5. The van der Waals surface area contributed by atoms with Crippen LogP contribution in [-0.2, 0) is 0 Å². The maximum atomic E-state index is 13.1. The van der Waals surface area contributed by atoms with Crippen molar-refractivity contribution in [2.45, 2.75) is 20.8 Å². The van der Waals surface area contributed by atoms with Crippen molar-refractivity contribution in [3.8, 4) is 23.1 Å². The Balaban J connectivity index is 1.57. The van der Waals surface area contributed by atoms with Crippen molar-refractivity contribution in [3.63, 3.8) is 0 Å². The number of carbonyl (C=O) groups is 1. The summed E-state index contributed by atoms with van der Waals surface area (Å²) >= 11 is 0. The van der Waals surface area contributed by atoms with Crippen LogP contribution in [-0.4, -0.2) is 49.7 Å². The smallest absolute Gasteiger partial charge is 0.263 e. The number of H-pyrrole nitrogens is 1. The van der Waals surface area contributed by atoms with E-state index in [1.807, 2.05) is 32.0 Å². The Morgan fingerprint density at radius 1 is 0.946 bits per heavy atom. The SMILES string of the molecule is COc1cc(OC)cc(C(=O)Nc2cc(C)nn2-c2nc3c(cnn3-c3ccc(C)c(C)c3)c(=O)[nH]2)c1. The highest BCUT2D eigenvalue weighted by molar-refractivity contribution is 6.04. The van der Waals surface area contributed by atoms with E-state index in [-0.39, 0.29) is 11.5 Å². The zero-order chi connectivity index (χ0) is 26.3. The van der Waals surface area contributed by atoms with Crippen LogP contribution in [0.25, 0.3) is 22.7 Å². The second-order valence-corrected chi connectivity index (χ2v) is 8.59. The van der Waals surface area contributed by atoms with Gasteiger partial charge in [-0.1, -0.05) is 6.07 Å². The van der Waals surface area contributed by atoms with Gasteiger partial charge in [0.1, 0.15) is 22.7 Å². The van der Waals surface area contributed by atoms with Crippen LogP contribution in [0.5, 0.6) is 11.5 Å². The van der Waals surface area contributed by atoms with E-state index >= 15 is 0 Å². The number of fused-ring (bicyclic) bond motifs is 1. The van der Waals surface area contributed by atoms with Gasteiger partial charge in [-0.3, -0.25) is 14.6 Å². The number of nitrogens with one attached hydrogen (secondary N) is 2. The number of carbonyl (C=O) groups excluding carboxylic acids is 1. The number of hydrogen-bond donors (Lipinski definition) is 2. The van der Waals surface area contributed by atoms with Crippen molar-refractivity contribution in [2.75, 3.05) is 19.5 Å². The molecule has 3 aromatic heterocycles. The van der Waals surface area contributed by atoms with Gasteiger partial charge in [0.2, 0.25) is 5.95 Å². The topological polar surface area (TPSA) is 129 Å². The number of nitrogens with zero attached hydrogens (tertiary/aromatic N) is 5. The van der Waals surface area contributed by atoms with Gasteiger partial charge in [0.15, 0.2) is 5.65 Å². The molecule has 0 saturated carbocycles. The highest BCUT2D eigenvalue weighted by Crippen LogP contribution is 2.24. The fourth-order valence-electron chi connectivity index (χ4n) is 3.93. The molecule has 0 atom stereocenters. The quantitative estimate of drug-likeness (QED) is 0.366. The van der Waals surface area contributed by atoms with E-state index in [0.29, 0.717) is 39.6 Å². The first-order valence-corrected chi connectivity index (χ1v) is 11.4. The molecule has 2 N–H and O–H groups in total. The molecular formula is C26H25N7O4. The van der Waals surface area contributed by atoms with E-state index in [1.54, 1.807) is 35.9 Å². The summed E-state index contributed by atoms with van der Waals surface area (Å²) in [4.78, 5) is 33.4. The number of amides is 1. The first-order valence-electron chi connectivity index (χ1n) is 11.4. The van der Waals surface area contributed by atoms with Gasteiger partial charge in [-0.2, -0.15) is 19.9 Å². The molecule has 1 amide bonds. The van der Waals surface area contributed by atoms with Gasteiger partial charge in [0.25, 0.3) is 11.5 Å². The third kappa shape index (κ3) is 4.42. The Morgan fingerprint density at radius 3 is 2.35 bits per heavy atom. The number of anilines is 1. The average Bonchev–Trinajstić information content (AvgIpc) is 3.48. The van der Waals surface area contributed by atoms with E-state index < -0.39 is 5.91 Å². The minimum Gasteiger partial charge on any atom is -0.497 e. The third-order valence-corrected chi connectivity index (χ3v) is 6.05. The molecule has 37 heavy (non-hydrogen) atoms. The van der Waals surface area contributed by atoms with Crippen molar-refractivity contribution >= 4 is 22.8 Å². The van der Waals surface area contributed by atoms with Crippen LogP contribution in [0.2, 0.25) is 0 Å². The summed E-state index contributed by atoms with van der Waals surface area (Å²) < 4.78 is 13.5. The van der Waals surface area contributed by atoms with Crippen LogP contribution >= 0.6 is 0 Å². The van der Waals surface area contributed by atoms with E-state index in [9.17, 15) is 9.59 Å². The minimum atomic E-state index is -0.415. The molecule has 0 spiro atoms. The minimum absolute atomic E-state index is 0.134. The molecule has 3 heterocycles. The number of benzene rings is 2. The van der Waals surface area contributed by atoms with Crippen LogP contribution in [0.15, 0.2) is 53.5 Å². The van der Waals surface area contributed by atoms with Gasteiger partial charge < -0.3 is 14.8 Å². The number of rotatable bonds is 6. The van der Waals surface area contributed by atoms with Gasteiger partial charge in [0, 0.05) is 17.7 Å². The predicted molar refractivity (Wildman–Crippen MR) is 138 cm³/mol. The molecule has 0 aliphatic heterocycles. The maximum absolute atomic E-state index is 13.1. The van der Waals surface area contributed by atoms with E-state index in [4.69, 9.17) is 9.47 Å². The summed E-state index contributed by atoms with van der Waals surface area (Å²) in [5, 5.41) is 12.0. The number of hydrogen-bond acceptors (Lipinski definition) is 7. The largest absolute Gasteiger partial charge is 0.497 e. The summed E-state index contributed by atoms with van der Waals surface area (Å²) in [6, 6.07) is 12.4. The first-order chi connectivity index (χ1) is 17.8. The van der Waals surface area contributed by atoms with Crippen molar-refractivity contribution in [1.29, 1.82) is 0 Å². The second kappa shape index (κ2) is 9.26. The van der Waals surface area contributed by atoms with Crippen LogP contribution in [0.1, 0.15) is 27.2 Å². The van der Waals surface area contributed by atoms with Crippen LogP contribution in [0.4, 0.5) is 5.82 Å². The molecule has 0 fully saturated rings. The summed E-state index contributed by atoms with van der Waals surface area (Å²) in [6.45, 7) is 5.81. The summed E-state index contributed by atoms with van der Waals surface area (Å²) in [5.41, 5.74) is 3.94. The fraction of sp³-hybridized carbons (Fsp3) is 0.192. The molecule has 0 saturated heterocycles. The molecule has 0 radical (unpaired) electrons. The van der Waals surface area contributed by atoms with Gasteiger partial charge in [-0.25, -0.2) is 4.68 Å². The Kier molecular flexibility index (Phi) is 5.96. The third-order valence-electron chi connectivity index (χ3n) is 6.05. The molecule has 0 aliphatic rings. The average molecular weight is 500 g/mol. The molecule has 0 bridgehead atoms. The van der Waals surface area contributed by atoms with Crippen LogP contribution in [0, 0.1) is 20.8 Å². The maximum Gasteiger partial charge on any atom is 0.263 e. The molecule has 11 heteroatoms. The number of aromatic amines is 1. The molecule has 0 aliphatic carbocycles. The molecule has 5 aromatic rings. The lowest BCUT2D eigenvalue weighted by Gasteiger charge is -2.11. The highest BCUT2D eigenvalue weighted by Gasteiger charge is 2.18. The summed E-state index contributed by atoms with van der Waals surface area (Å²) in [5.74, 6) is 0.996. The first kappa shape index (κ1) is 23.8. The van der Waals surface area contributed by atoms with E-state index in [2.05, 4.69) is 25.5 Å². The zero-order valence-electron chi connectivity index (χ0n) is 21.0. The van der Waals surface area contributed by atoms with Gasteiger partial charge >= 0.3 is 0 Å². The van der Waals surface area contributed by atoms with Gasteiger partial charge in [0.05, 0.1) is 31.8 Å². The number of aryl methyl sites for hydroxylation is 3. The molecular weight excluding hydrogens is 474 g/mol. The summed E-state index contributed by atoms with van der Waals surface area (Å²) in [6.07, 6.45) is 1.48. The second-order valence-electron chi connectivity index (χ2n) is 8.59. The zero-order valence-corrected chi connectivity index (χ0v) is 21.0. The normalized spacial score (nSPS) is 11.1. The van der Waals surface area contributed by atoms with Crippen molar-refractivity contribution < 1.29 is 14.3 Å². The number of aromatic nitrogens is 6. The van der Waals surface area contributed by atoms with Crippen molar-refractivity contribution in [3.05, 3.63) is 81.4 Å². The lowest BCUT2D eigenvalue weighted by atomic mass is 10.1. The van der Waals surface area contributed by atoms with Crippen LogP contribution < -0.4 is 20.3 Å². The monoisotopic (exact) mass is 499 g/mol.